The molecule has 110 valence electrons. The Morgan fingerprint density at radius 2 is 2.14 bits per heavy atom. The summed E-state index contributed by atoms with van der Waals surface area (Å²) in [4.78, 5) is 4.76. The minimum Gasteiger partial charge on any atom is -0.280 e. The number of hydrogen-bond acceptors (Lipinski definition) is 2. The molecule has 3 aromatic rings. The molecule has 0 aliphatic rings. The van der Waals surface area contributed by atoms with Crippen molar-refractivity contribution >= 4 is 45.4 Å². The molecule has 0 aliphatic carbocycles. The number of halogens is 2. The molecular formula is C15H16ClIN4. The van der Waals surface area contributed by atoms with Gasteiger partial charge in [-0.3, -0.25) is 4.57 Å². The zero-order valence-electron chi connectivity index (χ0n) is 12.1. The number of alkyl halides is 1. The number of aryl methyl sites for hydroxylation is 2. The van der Waals surface area contributed by atoms with Crippen molar-refractivity contribution < 1.29 is 0 Å². The molecule has 0 spiro atoms. The summed E-state index contributed by atoms with van der Waals surface area (Å²) in [6.45, 7) is 4.04. The van der Waals surface area contributed by atoms with Gasteiger partial charge >= 0.3 is 0 Å². The van der Waals surface area contributed by atoms with Gasteiger partial charge in [-0.1, -0.05) is 13.0 Å². The second-order valence-corrected chi connectivity index (χ2v) is 6.90. The molecule has 0 saturated carbocycles. The predicted octanol–water partition coefficient (Wildman–Crippen LogP) is 4.23. The fourth-order valence-corrected chi connectivity index (χ4v) is 3.24. The summed E-state index contributed by atoms with van der Waals surface area (Å²) in [6, 6.07) is 8.32. The van der Waals surface area contributed by atoms with Gasteiger partial charge in [0.25, 0.3) is 0 Å². The van der Waals surface area contributed by atoms with Crippen LogP contribution in [0.15, 0.2) is 24.3 Å². The molecular weight excluding hydrogens is 399 g/mol. The lowest BCUT2D eigenvalue weighted by molar-refractivity contribution is 0.738. The molecule has 0 radical (unpaired) electrons. The van der Waals surface area contributed by atoms with Crippen LogP contribution in [0.25, 0.3) is 16.9 Å². The van der Waals surface area contributed by atoms with E-state index in [4.69, 9.17) is 16.6 Å². The highest BCUT2D eigenvalue weighted by molar-refractivity contribution is 14.1. The molecule has 3 rings (SSSR count). The summed E-state index contributed by atoms with van der Waals surface area (Å²) in [5.41, 5.74) is 4.02. The Hall–Kier alpha value is -1.08. The second kappa shape index (κ2) is 5.61. The zero-order valence-corrected chi connectivity index (χ0v) is 15.1. The van der Waals surface area contributed by atoms with Gasteiger partial charge < -0.3 is 0 Å². The third kappa shape index (κ3) is 2.46. The van der Waals surface area contributed by atoms with E-state index in [9.17, 15) is 0 Å². The molecule has 1 aromatic carbocycles. The van der Waals surface area contributed by atoms with Gasteiger partial charge in [0, 0.05) is 16.3 Å². The van der Waals surface area contributed by atoms with Crippen molar-refractivity contribution in [3.05, 3.63) is 39.4 Å². The van der Waals surface area contributed by atoms with Gasteiger partial charge in [0.1, 0.15) is 11.3 Å². The van der Waals surface area contributed by atoms with Crippen molar-refractivity contribution in [1.82, 2.24) is 19.3 Å². The number of imidazole rings is 1. The molecule has 2 heterocycles. The fraction of sp³-hybridized carbons (Fsp3) is 0.333. The number of benzene rings is 1. The Morgan fingerprint density at radius 3 is 2.76 bits per heavy atom. The highest BCUT2D eigenvalue weighted by Gasteiger charge is 2.22. The molecule has 1 unspecified atom stereocenters. The molecule has 0 saturated heterocycles. The predicted molar refractivity (Wildman–Crippen MR) is 94.2 cm³/mol. The number of hydrogen-bond donors (Lipinski definition) is 0. The van der Waals surface area contributed by atoms with E-state index in [1.54, 1.807) is 0 Å². The minimum atomic E-state index is -0.167. The molecule has 21 heavy (non-hydrogen) atoms. The molecule has 6 heteroatoms. The van der Waals surface area contributed by atoms with E-state index < -0.39 is 0 Å². The molecule has 0 bridgehead atoms. The van der Waals surface area contributed by atoms with E-state index in [-0.39, 0.29) is 5.38 Å². The third-order valence-electron chi connectivity index (χ3n) is 3.49. The summed E-state index contributed by atoms with van der Waals surface area (Å²) >= 11 is 8.67. The highest BCUT2D eigenvalue weighted by atomic mass is 127. The van der Waals surface area contributed by atoms with E-state index in [0.29, 0.717) is 0 Å². The lowest BCUT2D eigenvalue weighted by Gasteiger charge is -2.11. The lowest BCUT2D eigenvalue weighted by Crippen LogP contribution is -2.06. The first-order chi connectivity index (χ1) is 10.0. The molecule has 0 N–H and O–H groups in total. The van der Waals surface area contributed by atoms with Crippen LogP contribution in [0.4, 0.5) is 0 Å². The zero-order chi connectivity index (χ0) is 15.1. The van der Waals surface area contributed by atoms with Crippen molar-refractivity contribution in [3.8, 4) is 5.69 Å². The van der Waals surface area contributed by atoms with Crippen LogP contribution in [0.5, 0.6) is 0 Å². The molecule has 0 aliphatic heterocycles. The van der Waals surface area contributed by atoms with E-state index in [1.165, 1.54) is 3.57 Å². The average molecular weight is 415 g/mol. The van der Waals surface area contributed by atoms with E-state index in [1.807, 2.05) is 24.7 Å². The monoisotopic (exact) mass is 414 g/mol. The lowest BCUT2D eigenvalue weighted by atomic mass is 10.3. The van der Waals surface area contributed by atoms with Crippen molar-refractivity contribution in [3.63, 3.8) is 0 Å². The van der Waals surface area contributed by atoms with E-state index >= 15 is 0 Å². The summed E-state index contributed by atoms with van der Waals surface area (Å²) in [7, 11) is 1.95. The van der Waals surface area contributed by atoms with Crippen LogP contribution in [-0.4, -0.2) is 19.3 Å². The Bertz CT molecular complexity index is 803. The molecule has 0 amide bonds. The Labute approximate surface area is 142 Å². The Morgan fingerprint density at radius 1 is 1.38 bits per heavy atom. The third-order valence-corrected chi connectivity index (χ3v) is 4.35. The van der Waals surface area contributed by atoms with Gasteiger partial charge in [-0.15, -0.1) is 11.6 Å². The first-order valence-electron chi connectivity index (χ1n) is 6.87. The van der Waals surface area contributed by atoms with Crippen molar-refractivity contribution in [2.75, 3.05) is 0 Å². The van der Waals surface area contributed by atoms with Crippen molar-refractivity contribution in [1.29, 1.82) is 0 Å². The van der Waals surface area contributed by atoms with E-state index in [2.05, 4.69) is 57.4 Å². The van der Waals surface area contributed by atoms with Crippen LogP contribution < -0.4 is 0 Å². The number of nitrogens with zero attached hydrogens (tertiary/aromatic N) is 4. The van der Waals surface area contributed by atoms with Gasteiger partial charge in [0.15, 0.2) is 5.65 Å². The molecule has 1 atom stereocenters. The van der Waals surface area contributed by atoms with Crippen LogP contribution in [0.1, 0.15) is 30.7 Å². The summed E-state index contributed by atoms with van der Waals surface area (Å²) < 4.78 is 5.18. The summed E-state index contributed by atoms with van der Waals surface area (Å²) in [5.74, 6) is 0.858. The maximum absolute atomic E-state index is 6.36. The van der Waals surface area contributed by atoms with Gasteiger partial charge in [0.2, 0.25) is 0 Å². The minimum absolute atomic E-state index is 0.167. The summed E-state index contributed by atoms with van der Waals surface area (Å²) in [5, 5.41) is 4.40. The maximum atomic E-state index is 6.36. The largest absolute Gasteiger partial charge is 0.280 e. The molecule has 2 aromatic heterocycles. The Balaban J connectivity index is 2.38. The van der Waals surface area contributed by atoms with Crippen molar-refractivity contribution in [2.45, 2.75) is 25.6 Å². The first kappa shape index (κ1) is 14.8. The quantitative estimate of drug-likeness (QED) is 0.475. The van der Waals surface area contributed by atoms with Crippen LogP contribution in [0.2, 0.25) is 0 Å². The second-order valence-electron chi connectivity index (χ2n) is 5.00. The van der Waals surface area contributed by atoms with Gasteiger partial charge in [-0.05, 0) is 54.1 Å². The van der Waals surface area contributed by atoms with Gasteiger partial charge in [0.05, 0.1) is 11.1 Å². The van der Waals surface area contributed by atoms with Gasteiger partial charge in [-0.2, -0.15) is 5.10 Å². The van der Waals surface area contributed by atoms with Crippen molar-refractivity contribution in [2.24, 2.45) is 7.05 Å². The number of fused-ring (bicyclic) bond motifs is 1. The first-order valence-corrected chi connectivity index (χ1v) is 8.38. The van der Waals surface area contributed by atoms with Crippen LogP contribution >= 0.6 is 34.2 Å². The fourth-order valence-electron chi connectivity index (χ4n) is 2.57. The number of rotatable bonds is 3. The van der Waals surface area contributed by atoms with Crippen LogP contribution in [0, 0.1) is 3.57 Å². The number of aromatic nitrogens is 4. The SMILES string of the molecule is CCc1nn(C)c2c1nc(C(C)Cl)n2-c1cccc(I)c1. The van der Waals surface area contributed by atoms with E-state index in [0.717, 1.165) is 34.8 Å². The molecule has 4 nitrogen and oxygen atoms in total. The molecule has 0 fully saturated rings. The van der Waals surface area contributed by atoms with Crippen LogP contribution in [0.3, 0.4) is 0 Å². The normalized spacial score (nSPS) is 13.0. The maximum Gasteiger partial charge on any atom is 0.163 e. The smallest absolute Gasteiger partial charge is 0.163 e. The highest BCUT2D eigenvalue weighted by Crippen LogP contribution is 2.30. The van der Waals surface area contributed by atoms with Crippen LogP contribution in [-0.2, 0) is 13.5 Å². The standard InChI is InChI=1S/C15H16ClIN4/c1-4-12-13-15(20(3)19-12)21(14(18-13)9(2)16)11-7-5-6-10(17)8-11/h5-9H,4H2,1-3H3. The average Bonchev–Trinajstić information content (AvgIpc) is 2.97. The Kier molecular flexibility index (Phi) is 3.96. The van der Waals surface area contributed by atoms with Gasteiger partial charge in [-0.25, -0.2) is 9.67 Å². The topological polar surface area (TPSA) is 35.6 Å². The summed E-state index contributed by atoms with van der Waals surface area (Å²) in [6.07, 6.45) is 0.858.